The van der Waals surface area contributed by atoms with Gasteiger partial charge in [-0.25, -0.2) is 4.98 Å². The summed E-state index contributed by atoms with van der Waals surface area (Å²) in [5.41, 5.74) is 12.8. The maximum atomic E-state index is 5.05. The molecule has 11 rings (SSSR count). The quantitative estimate of drug-likeness (QED) is 0.161. The van der Waals surface area contributed by atoms with Crippen LogP contribution >= 0.6 is 22.7 Å². The number of benzene rings is 9. The molecule has 2 nitrogen and oxygen atoms in total. The highest BCUT2D eigenvalue weighted by molar-refractivity contribution is 7.28. The number of hydrogen-bond acceptors (Lipinski definition) is 4. The molecule has 0 bridgehead atoms. The lowest BCUT2D eigenvalue weighted by Gasteiger charge is -2.26. The van der Waals surface area contributed by atoms with Crippen LogP contribution in [0.2, 0.25) is 0 Å². The molecule has 9 aromatic carbocycles. The van der Waals surface area contributed by atoms with Crippen LogP contribution in [0.4, 0.5) is 17.1 Å². The zero-order chi connectivity index (χ0) is 37.7. The Kier molecular flexibility index (Phi) is 8.24. The van der Waals surface area contributed by atoms with Gasteiger partial charge in [0.1, 0.15) is 5.01 Å². The van der Waals surface area contributed by atoms with Crippen LogP contribution in [0, 0.1) is 0 Å². The van der Waals surface area contributed by atoms with Crippen LogP contribution in [-0.2, 0) is 0 Å². The highest BCUT2D eigenvalue weighted by atomic mass is 32.1. The molecule has 0 aliphatic carbocycles. The fourth-order valence-electron chi connectivity index (χ4n) is 8.19. The molecule has 0 unspecified atom stereocenters. The van der Waals surface area contributed by atoms with Gasteiger partial charge >= 0.3 is 0 Å². The number of nitrogens with zero attached hydrogens (tertiary/aromatic N) is 2. The van der Waals surface area contributed by atoms with Crippen molar-refractivity contribution in [3.63, 3.8) is 0 Å². The minimum absolute atomic E-state index is 1.06. The summed E-state index contributed by atoms with van der Waals surface area (Å²) < 4.78 is 3.85. The molecule has 0 amide bonds. The lowest BCUT2D eigenvalue weighted by Crippen LogP contribution is -2.09. The van der Waals surface area contributed by atoms with E-state index in [0.717, 1.165) is 33.1 Å². The summed E-state index contributed by atoms with van der Waals surface area (Å²) in [7, 11) is 0. The summed E-state index contributed by atoms with van der Waals surface area (Å²) in [5.74, 6) is 0. The maximum Gasteiger partial charge on any atom is 0.124 e. The van der Waals surface area contributed by atoms with Crippen molar-refractivity contribution >= 4 is 80.9 Å². The Balaban J connectivity index is 0.977. The molecule has 0 radical (unpaired) electrons. The van der Waals surface area contributed by atoms with E-state index in [4.69, 9.17) is 4.98 Å². The first kappa shape index (κ1) is 33.5. The Hall–Kier alpha value is -6.85. The van der Waals surface area contributed by atoms with Gasteiger partial charge in [-0.2, -0.15) is 0 Å². The smallest absolute Gasteiger partial charge is 0.124 e. The lowest BCUT2D eigenvalue weighted by atomic mass is 9.92. The molecule has 2 heterocycles. The Bertz CT molecular complexity index is 3220. The second-order valence-corrected chi connectivity index (χ2v) is 16.4. The van der Waals surface area contributed by atoms with Crippen molar-refractivity contribution in [1.82, 2.24) is 4.98 Å². The molecule has 0 fully saturated rings. The van der Waals surface area contributed by atoms with Crippen LogP contribution in [-0.4, -0.2) is 4.98 Å². The van der Waals surface area contributed by atoms with Gasteiger partial charge in [0, 0.05) is 42.8 Å². The molecular weight excluding hydrogens is 729 g/mol. The molecule has 0 N–H and O–H groups in total. The van der Waals surface area contributed by atoms with E-state index in [1.807, 2.05) is 11.3 Å². The number of hydrogen-bond donors (Lipinski definition) is 0. The van der Waals surface area contributed by atoms with E-state index in [2.05, 4.69) is 211 Å². The largest absolute Gasteiger partial charge is 0.310 e. The third-order valence-electron chi connectivity index (χ3n) is 10.9. The lowest BCUT2D eigenvalue weighted by molar-refractivity contribution is 1.28. The first-order chi connectivity index (χ1) is 28.2. The van der Waals surface area contributed by atoms with Crippen LogP contribution in [0.5, 0.6) is 0 Å². The van der Waals surface area contributed by atoms with Gasteiger partial charge in [-0.1, -0.05) is 146 Å². The zero-order valence-electron chi connectivity index (χ0n) is 30.8. The third kappa shape index (κ3) is 5.98. The number of anilines is 3. The number of thiazole rings is 1. The molecule has 0 atom stereocenters. The fraction of sp³-hybridized carbons (Fsp3) is 0. The number of aromatic nitrogens is 1. The summed E-state index contributed by atoms with van der Waals surface area (Å²) in [5, 5.41) is 6.16. The standard InChI is InChI=1S/C53H34N2S2/c1-4-13-36(14-5-1)43-28-29-44(46-22-11-10-21-45(43)46)39-17-12-20-42(33-39)55(40-18-8-3-9-19-40)41-26-23-35(24-27-41)38-25-31-49-47(34-38)51-50(56-49)32-30-48-52(51)57-53(54-48)37-15-6-2-7-16-37/h1-34H. The first-order valence-corrected chi connectivity index (χ1v) is 20.8. The molecule has 0 saturated carbocycles. The van der Waals surface area contributed by atoms with Gasteiger partial charge in [0.05, 0.1) is 10.2 Å². The van der Waals surface area contributed by atoms with Crippen molar-refractivity contribution in [2.24, 2.45) is 0 Å². The minimum Gasteiger partial charge on any atom is -0.310 e. The monoisotopic (exact) mass is 762 g/mol. The summed E-state index contributed by atoms with van der Waals surface area (Å²) in [6, 6.07) is 74.5. The summed E-state index contributed by atoms with van der Waals surface area (Å²) in [6.07, 6.45) is 0. The summed E-state index contributed by atoms with van der Waals surface area (Å²) in [6.45, 7) is 0. The van der Waals surface area contributed by atoms with Gasteiger partial charge in [0.15, 0.2) is 0 Å². The Morgan fingerprint density at radius 1 is 0.351 bits per heavy atom. The van der Waals surface area contributed by atoms with Gasteiger partial charge in [-0.15, -0.1) is 22.7 Å². The van der Waals surface area contributed by atoms with Crippen LogP contribution in [0.1, 0.15) is 0 Å². The van der Waals surface area contributed by atoms with E-state index in [9.17, 15) is 0 Å². The second-order valence-electron chi connectivity index (χ2n) is 14.3. The van der Waals surface area contributed by atoms with Crippen molar-refractivity contribution < 1.29 is 0 Å². The number of fused-ring (bicyclic) bond motifs is 6. The maximum absolute atomic E-state index is 5.05. The van der Waals surface area contributed by atoms with Gasteiger partial charge < -0.3 is 4.90 Å². The van der Waals surface area contributed by atoms with Gasteiger partial charge in [0.25, 0.3) is 0 Å². The van der Waals surface area contributed by atoms with Gasteiger partial charge in [-0.3, -0.25) is 0 Å². The zero-order valence-corrected chi connectivity index (χ0v) is 32.5. The van der Waals surface area contributed by atoms with Crippen LogP contribution in [0.3, 0.4) is 0 Å². The second kappa shape index (κ2) is 14.0. The number of para-hydroxylation sites is 1. The van der Waals surface area contributed by atoms with E-state index in [1.165, 1.54) is 69.0 Å². The van der Waals surface area contributed by atoms with Crippen molar-refractivity contribution in [1.29, 1.82) is 0 Å². The number of rotatable bonds is 7. The molecule has 0 spiro atoms. The summed E-state index contributed by atoms with van der Waals surface area (Å²) in [4.78, 5) is 7.40. The average Bonchev–Trinajstić information content (AvgIpc) is 3.89. The van der Waals surface area contributed by atoms with Crippen molar-refractivity contribution in [3.05, 3.63) is 206 Å². The van der Waals surface area contributed by atoms with E-state index >= 15 is 0 Å². The molecule has 0 aliphatic heterocycles. The Morgan fingerprint density at radius 2 is 0.930 bits per heavy atom. The summed E-state index contributed by atoms with van der Waals surface area (Å²) >= 11 is 3.65. The molecule has 0 saturated heterocycles. The molecule has 268 valence electrons. The van der Waals surface area contributed by atoms with Crippen LogP contribution in [0.15, 0.2) is 206 Å². The SMILES string of the molecule is c1ccc(-c2nc3ccc4sc5ccc(-c6ccc(N(c7ccccc7)c7cccc(-c8ccc(-c9ccccc9)c9ccccc89)c7)cc6)cc5c4c3s2)cc1. The van der Waals surface area contributed by atoms with Crippen LogP contribution < -0.4 is 4.90 Å². The van der Waals surface area contributed by atoms with E-state index < -0.39 is 0 Å². The first-order valence-electron chi connectivity index (χ1n) is 19.2. The van der Waals surface area contributed by atoms with Crippen molar-refractivity contribution in [2.75, 3.05) is 4.90 Å². The van der Waals surface area contributed by atoms with Gasteiger partial charge in [0.2, 0.25) is 0 Å². The van der Waals surface area contributed by atoms with E-state index in [1.54, 1.807) is 11.3 Å². The molecule has 2 aromatic heterocycles. The third-order valence-corrected chi connectivity index (χ3v) is 13.2. The average molecular weight is 763 g/mol. The molecular formula is C53H34N2S2. The highest BCUT2D eigenvalue weighted by Gasteiger charge is 2.17. The minimum atomic E-state index is 1.06. The normalized spacial score (nSPS) is 11.5. The molecule has 0 aliphatic rings. The van der Waals surface area contributed by atoms with E-state index in [-0.39, 0.29) is 0 Å². The Labute approximate surface area is 339 Å². The van der Waals surface area contributed by atoms with Crippen LogP contribution in [0.25, 0.3) is 85.1 Å². The van der Waals surface area contributed by atoms with Gasteiger partial charge in [-0.05, 0) is 105 Å². The molecule has 57 heavy (non-hydrogen) atoms. The van der Waals surface area contributed by atoms with E-state index in [0.29, 0.717) is 0 Å². The fourth-order valence-corrected chi connectivity index (χ4v) is 10.5. The Morgan fingerprint density at radius 3 is 1.67 bits per heavy atom. The van der Waals surface area contributed by atoms with Crippen molar-refractivity contribution in [2.45, 2.75) is 0 Å². The predicted octanol–water partition coefficient (Wildman–Crippen LogP) is 16.0. The highest BCUT2D eigenvalue weighted by Crippen LogP contribution is 2.44. The number of thiophene rings is 1. The topological polar surface area (TPSA) is 16.1 Å². The molecule has 11 aromatic rings. The predicted molar refractivity (Wildman–Crippen MR) is 246 cm³/mol. The molecule has 4 heteroatoms. The van der Waals surface area contributed by atoms with Crippen molar-refractivity contribution in [3.8, 4) is 44.0 Å².